The fraction of sp³-hybridized carbons (Fsp3) is 0.444. The van der Waals surface area contributed by atoms with Crippen molar-refractivity contribution in [3.8, 4) is 0 Å². The van der Waals surface area contributed by atoms with Gasteiger partial charge >= 0.3 is 0 Å². The first-order valence-electron chi connectivity index (χ1n) is 4.87. The van der Waals surface area contributed by atoms with Crippen LogP contribution in [0.4, 0.5) is 5.82 Å². The molecule has 1 aromatic rings. The second-order valence-corrected chi connectivity index (χ2v) is 5.21. The number of aromatic amines is 1. The van der Waals surface area contributed by atoms with Gasteiger partial charge in [-0.15, -0.1) is 0 Å². The molecule has 1 saturated heterocycles. The van der Waals surface area contributed by atoms with Crippen molar-refractivity contribution in [2.24, 2.45) is 5.14 Å². The van der Waals surface area contributed by atoms with Crippen molar-refractivity contribution in [3.63, 3.8) is 0 Å². The van der Waals surface area contributed by atoms with Gasteiger partial charge in [-0.05, 0) is 18.9 Å². The van der Waals surface area contributed by atoms with E-state index in [0.29, 0.717) is 0 Å². The summed E-state index contributed by atoms with van der Waals surface area (Å²) in [6, 6.07) is 3.28. The number of nitrogens with two attached hydrogens (primary N) is 1. The van der Waals surface area contributed by atoms with E-state index in [1.54, 1.807) is 6.07 Å². The topological polar surface area (TPSA) is 77.5 Å². The number of pyridine rings is 1. The lowest BCUT2D eigenvalue weighted by molar-refractivity contribution is -0.367. The van der Waals surface area contributed by atoms with Crippen molar-refractivity contribution < 1.29 is 13.4 Å². The van der Waals surface area contributed by atoms with Crippen LogP contribution in [0.25, 0.3) is 0 Å². The molecule has 1 fully saturated rings. The van der Waals surface area contributed by atoms with Gasteiger partial charge in [-0.2, -0.15) is 0 Å². The molecule has 2 heterocycles. The molecule has 82 valence electrons. The van der Waals surface area contributed by atoms with Crippen LogP contribution in [0.3, 0.4) is 0 Å². The highest BCUT2D eigenvalue weighted by Crippen LogP contribution is 2.15. The predicted molar refractivity (Wildman–Crippen MR) is 55.8 cm³/mol. The number of nitrogens with one attached hydrogen (secondary N) is 1. The van der Waals surface area contributed by atoms with E-state index in [9.17, 15) is 8.42 Å². The number of aromatic nitrogens is 1. The summed E-state index contributed by atoms with van der Waals surface area (Å²) in [4.78, 5) is 5.26. The molecule has 1 aromatic heterocycles. The van der Waals surface area contributed by atoms with Gasteiger partial charge in [-0.25, -0.2) is 18.5 Å². The summed E-state index contributed by atoms with van der Waals surface area (Å²) >= 11 is 0. The molecule has 0 spiro atoms. The van der Waals surface area contributed by atoms with Crippen molar-refractivity contribution in [1.29, 1.82) is 0 Å². The Balaban J connectivity index is 2.24. The van der Waals surface area contributed by atoms with Crippen LogP contribution >= 0.6 is 0 Å². The summed E-state index contributed by atoms with van der Waals surface area (Å²) in [5, 5.41) is 5.00. The highest BCUT2D eigenvalue weighted by atomic mass is 32.2. The van der Waals surface area contributed by atoms with E-state index in [4.69, 9.17) is 5.14 Å². The molecule has 0 aromatic carbocycles. The lowest BCUT2D eigenvalue weighted by Crippen LogP contribution is -2.26. The van der Waals surface area contributed by atoms with Gasteiger partial charge in [0.05, 0.1) is 13.1 Å². The summed E-state index contributed by atoms with van der Waals surface area (Å²) in [7, 11) is -3.59. The maximum atomic E-state index is 11.0. The van der Waals surface area contributed by atoms with Crippen molar-refractivity contribution in [2.75, 3.05) is 18.0 Å². The molecule has 3 N–H and O–H groups in total. The van der Waals surface area contributed by atoms with Crippen LogP contribution in [0.15, 0.2) is 23.2 Å². The van der Waals surface area contributed by atoms with Gasteiger partial charge in [0.15, 0.2) is 0 Å². The Morgan fingerprint density at radius 3 is 2.40 bits per heavy atom. The van der Waals surface area contributed by atoms with Crippen LogP contribution in [0.1, 0.15) is 12.8 Å². The Kier molecular flexibility index (Phi) is 2.62. The van der Waals surface area contributed by atoms with Gasteiger partial charge in [0.25, 0.3) is 5.82 Å². The van der Waals surface area contributed by atoms with Crippen molar-refractivity contribution in [1.82, 2.24) is 0 Å². The van der Waals surface area contributed by atoms with E-state index in [-0.39, 0.29) is 4.90 Å². The van der Waals surface area contributed by atoms with Gasteiger partial charge < -0.3 is 0 Å². The fourth-order valence-corrected chi connectivity index (χ4v) is 2.21. The molecule has 0 bridgehead atoms. The lowest BCUT2D eigenvalue weighted by Gasteiger charge is -2.07. The Labute approximate surface area is 89.0 Å². The first kappa shape index (κ1) is 10.4. The minimum atomic E-state index is -3.59. The Bertz CT molecular complexity index is 435. The third-order valence-electron chi connectivity index (χ3n) is 2.54. The van der Waals surface area contributed by atoms with Gasteiger partial charge in [-0.3, -0.25) is 4.90 Å². The molecule has 2 rings (SSSR count). The van der Waals surface area contributed by atoms with E-state index in [2.05, 4.69) is 9.88 Å². The zero-order valence-electron chi connectivity index (χ0n) is 8.31. The number of H-pyrrole nitrogens is 1. The third kappa shape index (κ3) is 2.27. The Morgan fingerprint density at radius 2 is 1.93 bits per heavy atom. The lowest BCUT2D eigenvalue weighted by atomic mass is 10.4. The van der Waals surface area contributed by atoms with Crippen LogP contribution in [-0.4, -0.2) is 21.5 Å². The zero-order valence-corrected chi connectivity index (χ0v) is 9.13. The molecule has 6 heteroatoms. The Hall–Kier alpha value is -1.14. The summed E-state index contributed by atoms with van der Waals surface area (Å²) in [5.74, 6) is 0.944. The smallest absolute Gasteiger partial charge is 0.262 e. The summed E-state index contributed by atoms with van der Waals surface area (Å²) in [5.41, 5.74) is 0. The van der Waals surface area contributed by atoms with E-state index in [1.807, 2.05) is 0 Å². The average Bonchev–Trinajstić information content (AvgIpc) is 2.69. The van der Waals surface area contributed by atoms with Crippen LogP contribution in [0.2, 0.25) is 0 Å². The first-order valence-corrected chi connectivity index (χ1v) is 6.41. The molecule has 0 amide bonds. The molecule has 1 aliphatic rings. The number of hydrogen-bond acceptors (Lipinski definition) is 3. The molecule has 0 atom stereocenters. The number of sulfonamides is 1. The van der Waals surface area contributed by atoms with Crippen molar-refractivity contribution >= 4 is 15.8 Å². The maximum absolute atomic E-state index is 11.0. The number of anilines is 1. The third-order valence-corrected chi connectivity index (χ3v) is 3.45. The van der Waals surface area contributed by atoms with E-state index < -0.39 is 10.0 Å². The molecule has 5 nitrogen and oxygen atoms in total. The van der Waals surface area contributed by atoms with Crippen LogP contribution < -0.4 is 15.0 Å². The monoisotopic (exact) mass is 228 g/mol. The van der Waals surface area contributed by atoms with Crippen LogP contribution in [0, 0.1) is 0 Å². The molecule has 15 heavy (non-hydrogen) atoms. The van der Waals surface area contributed by atoms with E-state index >= 15 is 0 Å². The molecule has 1 aliphatic heterocycles. The second-order valence-electron chi connectivity index (χ2n) is 3.65. The van der Waals surface area contributed by atoms with Crippen molar-refractivity contribution in [2.45, 2.75) is 17.7 Å². The number of rotatable bonds is 2. The number of primary sulfonamides is 1. The fourth-order valence-electron chi connectivity index (χ4n) is 1.73. The summed E-state index contributed by atoms with van der Waals surface area (Å²) < 4.78 is 22.0. The molecule has 0 saturated carbocycles. The molecule has 0 unspecified atom stereocenters. The minimum absolute atomic E-state index is 0.116. The predicted octanol–water partition coefficient (Wildman–Crippen LogP) is -0.252. The van der Waals surface area contributed by atoms with E-state index in [0.717, 1.165) is 18.9 Å². The Morgan fingerprint density at radius 1 is 1.27 bits per heavy atom. The number of nitrogens with zero attached hydrogens (tertiary/aromatic N) is 1. The normalized spacial score (nSPS) is 17.0. The molecular weight excluding hydrogens is 214 g/mol. The SMILES string of the molecule is NS(=O)(=O)c1ccc(N2CCCC2)[nH+]c1. The van der Waals surface area contributed by atoms with Gasteiger partial charge in [0.1, 0.15) is 11.1 Å². The quantitative estimate of drug-likeness (QED) is 0.758. The van der Waals surface area contributed by atoms with Crippen molar-refractivity contribution in [3.05, 3.63) is 18.3 Å². The largest absolute Gasteiger partial charge is 0.274 e. The summed E-state index contributed by atoms with van der Waals surface area (Å²) in [6.45, 7) is 2.04. The molecule has 0 radical (unpaired) electrons. The standard InChI is InChI=1S/C9H13N3O2S/c10-15(13,14)8-3-4-9(11-7-8)12-5-1-2-6-12/h3-4,7H,1-2,5-6H2,(H2,10,13,14)/p+1. The van der Waals surface area contributed by atoms with Gasteiger partial charge in [-0.1, -0.05) is 0 Å². The highest BCUT2D eigenvalue weighted by molar-refractivity contribution is 7.89. The molecule has 0 aliphatic carbocycles. The van der Waals surface area contributed by atoms with Gasteiger partial charge in [0, 0.05) is 6.07 Å². The second kappa shape index (κ2) is 3.79. The van der Waals surface area contributed by atoms with Gasteiger partial charge in [0.2, 0.25) is 10.0 Å². The first-order chi connectivity index (χ1) is 7.07. The minimum Gasteiger partial charge on any atom is -0.262 e. The van der Waals surface area contributed by atoms with E-state index in [1.165, 1.54) is 25.1 Å². The highest BCUT2D eigenvalue weighted by Gasteiger charge is 2.20. The zero-order chi connectivity index (χ0) is 10.9. The summed E-state index contributed by atoms with van der Waals surface area (Å²) in [6.07, 6.45) is 3.80. The number of hydrogen-bond donors (Lipinski definition) is 1. The van der Waals surface area contributed by atoms with Crippen LogP contribution in [-0.2, 0) is 10.0 Å². The maximum Gasteiger partial charge on any atom is 0.274 e. The molecular formula is C9H14N3O2S+. The van der Waals surface area contributed by atoms with Crippen LogP contribution in [0.5, 0.6) is 0 Å². The average molecular weight is 228 g/mol.